The third-order valence-electron chi connectivity index (χ3n) is 3.74. The fourth-order valence-corrected chi connectivity index (χ4v) is 4.43. The van der Waals surface area contributed by atoms with E-state index in [1.165, 1.54) is 11.8 Å². The molecule has 0 aliphatic carbocycles. The lowest BCUT2D eigenvalue weighted by atomic mass is 10.2. The molecule has 0 fully saturated rings. The van der Waals surface area contributed by atoms with Gasteiger partial charge in [-0.2, -0.15) is 0 Å². The molecule has 0 aromatic heterocycles. The van der Waals surface area contributed by atoms with Gasteiger partial charge < -0.3 is 0 Å². The Morgan fingerprint density at radius 3 is 2.16 bits per heavy atom. The Bertz CT molecular complexity index is 937. The fraction of sp³-hybridized carbons (Fsp3) is 0.100. The highest BCUT2D eigenvalue weighted by molar-refractivity contribution is 7.99. The summed E-state index contributed by atoms with van der Waals surface area (Å²) in [7, 11) is -3.62. The predicted octanol–water partition coefficient (Wildman–Crippen LogP) is 5.20. The van der Waals surface area contributed by atoms with E-state index >= 15 is 0 Å². The topological polar surface area (TPSA) is 46.2 Å². The molecule has 0 saturated carbocycles. The number of rotatable bonds is 6. The molecule has 5 heteroatoms. The summed E-state index contributed by atoms with van der Waals surface area (Å²) in [6, 6.07) is 24.3. The molecule has 0 radical (unpaired) electrons. The molecule has 128 valence electrons. The third-order valence-corrected chi connectivity index (χ3v) is 6.21. The minimum atomic E-state index is -3.62. The van der Waals surface area contributed by atoms with Crippen molar-refractivity contribution in [3.8, 4) is 0 Å². The van der Waals surface area contributed by atoms with Gasteiger partial charge in [-0.25, -0.2) is 8.42 Å². The molecule has 1 N–H and O–H groups in total. The van der Waals surface area contributed by atoms with Crippen LogP contribution in [0.2, 0.25) is 0 Å². The molecule has 3 aromatic carbocycles. The van der Waals surface area contributed by atoms with E-state index in [1.54, 1.807) is 18.2 Å². The summed E-state index contributed by atoms with van der Waals surface area (Å²) in [5.41, 5.74) is 1.69. The molecule has 3 nitrogen and oxygen atoms in total. The Morgan fingerprint density at radius 2 is 1.48 bits per heavy atom. The van der Waals surface area contributed by atoms with Crippen LogP contribution in [0.25, 0.3) is 0 Å². The van der Waals surface area contributed by atoms with E-state index in [2.05, 4.69) is 4.72 Å². The molecule has 25 heavy (non-hydrogen) atoms. The second kappa shape index (κ2) is 7.76. The van der Waals surface area contributed by atoms with Crippen molar-refractivity contribution in [3.63, 3.8) is 0 Å². The SMILES string of the molecule is CCc1ccc(S(=O)(=O)Nc2ccccc2Sc2ccccc2)cc1. The number of hydrogen-bond acceptors (Lipinski definition) is 3. The molecule has 0 unspecified atom stereocenters. The molecular formula is C20H19NO2S2. The highest BCUT2D eigenvalue weighted by atomic mass is 32.2. The van der Waals surface area contributed by atoms with Gasteiger partial charge in [-0.15, -0.1) is 0 Å². The average molecular weight is 370 g/mol. The van der Waals surface area contributed by atoms with Gasteiger partial charge in [0.2, 0.25) is 0 Å². The monoisotopic (exact) mass is 369 g/mol. The van der Waals surface area contributed by atoms with E-state index in [9.17, 15) is 8.42 Å². The highest BCUT2D eigenvalue weighted by Gasteiger charge is 2.16. The number of sulfonamides is 1. The van der Waals surface area contributed by atoms with Crippen LogP contribution in [0, 0.1) is 0 Å². The summed E-state index contributed by atoms with van der Waals surface area (Å²) in [6.07, 6.45) is 0.879. The maximum Gasteiger partial charge on any atom is 0.261 e. The normalized spacial score (nSPS) is 11.2. The minimum Gasteiger partial charge on any atom is -0.278 e. The van der Waals surface area contributed by atoms with E-state index in [0.29, 0.717) is 5.69 Å². The van der Waals surface area contributed by atoms with Gasteiger partial charge in [0.15, 0.2) is 0 Å². The molecule has 0 aliphatic rings. The van der Waals surface area contributed by atoms with E-state index in [0.717, 1.165) is 21.8 Å². The molecule has 0 spiro atoms. The first-order chi connectivity index (χ1) is 12.1. The molecule has 0 saturated heterocycles. The lowest BCUT2D eigenvalue weighted by molar-refractivity contribution is 0.601. The van der Waals surface area contributed by atoms with Crippen LogP contribution in [0.15, 0.2) is 93.5 Å². The van der Waals surface area contributed by atoms with Crippen molar-refractivity contribution in [1.29, 1.82) is 0 Å². The van der Waals surface area contributed by atoms with Crippen LogP contribution in [0.1, 0.15) is 12.5 Å². The van der Waals surface area contributed by atoms with Gasteiger partial charge in [-0.05, 0) is 48.4 Å². The lowest BCUT2D eigenvalue weighted by Crippen LogP contribution is -2.13. The molecule has 0 heterocycles. The minimum absolute atomic E-state index is 0.268. The van der Waals surface area contributed by atoms with Crippen LogP contribution >= 0.6 is 11.8 Å². The van der Waals surface area contributed by atoms with E-state index in [-0.39, 0.29) is 4.90 Å². The number of anilines is 1. The predicted molar refractivity (Wildman–Crippen MR) is 104 cm³/mol. The zero-order valence-electron chi connectivity index (χ0n) is 13.8. The molecule has 3 rings (SSSR count). The Kier molecular flexibility index (Phi) is 5.46. The molecule has 0 atom stereocenters. The van der Waals surface area contributed by atoms with Crippen molar-refractivity contribution < 1.29 is 8.42 Å². The van der Waals surface area contributed by atoms with Gasteiger partial charge in [-0.3, -0.25) is 4.72 Å². The zero-order chi connectivity index (χ0) is 17.7. The summed E-state index contributed by atoms with van der Waals surface area (Å²) >= 11 is 1.53. The van der Waals surface area contributed by atoms with Crippen LogP contribution in [-0.4, -0.2) is 8.42 Å². The van der Waals surface area contributed by atoms with Gasteiger partial charge in [0.05, 0.1) is 10.6 Å². The van der Waals surface area contributed by atoms with Crippen LogP contribution in [0.3, 0.4) is 0 Å². The highest BCUT2D eigenvalue weighted by Crippen LogP contribution is 2.34. The Balaban J connectivity index is 1.86. The second-order valence-electron chi connectivity index (χ2n) is 5.51. The number of nitrogens with one attached hydrogen (secondary N) is 1. The largest absolute Gasteiger partial charge is 0.278 e. The molecule has 3 aromatic rings. The molecule has 0 bridgehead atoms. The first kappa shape index (κ1) is 17.6. The Labute approximate surface area is 153 Å². The van der Waals surface area contributed by atoms with Crippen molar-refractivity contribution in [2.45, 2.75) is 28.0 Å². The fourth-order valence-electron chi connectivity index (χ4n) is 2.36. The first-order valence-electron chi connectivity index (χ1n) is 8.02. The third kappa shape index (κ3) is 4.44. The maximum absolute atomic E-state index is 12.7. The van der Waals surface area contributed by atoms with Gasteiger partial charge in [0.1, 0.15) is 0 Å². The van der Waals surface area contributed by atoms with Gasteiger partial charge >= 0.3 is 0 Å². The van der Waals surface area contributed by atoms with Crippen LogP contribution in [0.5, 0.6) is 0 Å². The lowest BCUT2D eigenvalue weighted by Gasteiger charge is -2.12. The van der Waals surface area contributed by atoms with Crippen molar-refractivity contribution in [2.75, 3.05) is 4.72 Å². The van der Waals surface area contributed by atoms with Crippen LogP contribution in [-0.2, 0) is 16.4 Å². The summed E-state index contributed by atoms with van der Waals surface area (Å²) in [5.74, 6) is 0. The van der Waals surface area contributed by atoms with Crippen molar-refractivity contribution in [1.82, 2.24) is 0 Å². The Morgan fingerprint density at radius 1 is 0.840 bits per heavy atom. The van der Waals surface area contributed by atoms with Gasteiger partial charge in [0, 0.05) is 9.79 Å². The number of hydrogen-bond donors (Lipinski definition) is 1. The zero-order valence-corrected chi connectivity index (χ0v) is 15.5. The maximum atomic E-state index is 12.7. The molecule has 0 amide bonds. The summed E-state index contributed by atoms with van der Waals surface area (Å²) in [6.45, 7) is 2.04. The molecule has 0 aliphatic heterocycles. The number of para-hydroxylation sites is 1. The van der Waals surface area contributed by atoms with E-state index < -0.39 is 10.0 Å². The smallest absolute Gasteiger partial charge is 0.261 e. The number of benzene rings is 3. The van der Waals surface area contributed by atoms with E-state index in [1.807, 2.05) is 67.6 Å². The first-order valence-corrected chi connectivity index (χ1v) is 10.3. The summed E-state index contributed by atoms with van der Waals surface area (Å²) in [4.78, 5) is 2.19. The summed E-state index contributed by atoms with van der Waals surface area (Å²) in [5, 5.41) is 0. The van der Waals surface area contributed by atoms with Crippen molar-refractivity contribution >= 4 is 27.5 Å². The van der Waals surface area contributed by atoms with Crippen molar-refractivity contribution in [2.24, 2.45) is 0 Å². The van der Waals surface area contributed by atoms with Gasteiger partial charge in [0.25, 0.3) is 10.0 Å². The van der Waals surface area contributed by atoms with Crippen LogP contribution in [0.4, 0.5) is 5.69 Å². The van der Waals surface area contributed by atoms with Gasteiger partial charge in [-0.1, -0.05) is 61.2 Å². The molecular weight excluding hydrogens is 350 g/mol. The van der Waals surface area contributed by atoms with Crippen molar-refractivity contribution in [3.05, 3.63) is 84.4 Å². The summed E-state index contributed by atoms with van der Waals surface area (Å²) < 4.78 is 28.1. The standard InChI is InChI=1S/C20H19NO2S2/c1-2-16-12-14-18(15-13-16)25(22,23)21-19-10-6-7-11-20(19)24-17-8-4-3-5-9-17/h3-15,21H,2H2,1H3. The average Bonchev–Trinajstić information content (AvgIpc) is 2.64. The number of aryl methyl sites for hydroxylation is 1. The van der Waals surface area contributed by atoms with E-state index in [4.69, 9.17) is 0 Å². The Hall–Kier alpha value is -2.24. The van der Waals surface area contributed by atoms with Crippen LogP contribution < -0.4 is 4.72 Å². The second-order valence-corrected chi connectivity index (χ2v) is 8.31. The quantitative estimate of drug-likeness (QED) is 0.649.